The summed E-state index contributed by atoms with van der Waals surface area (Å²) in [5.74, 6) is 0. The summed E-state index contributed by atoms with van der Waals surface area (Å²) in [5, 5.41) is 15.3. The summed E-state index contributed by atoms with van der Waals surface area (Å²) in [7, 11) is 0. The molecule has 0 fully saturated rings. The number of rotatable bonds is 4. The van der Waals surface area contributed by atoms with E-state index in [1.807, 2.05) is 30.3 Å². The van der Waals surface area contributed by atoms with Crippen LogP contribution in [0.4, 0.5) is 0 Å². The topological polar surface area (TPSA) is 54.2 Å². The summed E-state index contributed by atoms with van der Waals surface area (Å²) in [4.78, 5) is 5.10. The molecular weight excluding hydrogens is 192 g/mol. The van der Waals surface area contributed by atoms with E-state index in [2.05, 4.69) is 10.3 Å². The van der Waals surface area contributed by atoms with E-state index in [4.69, 9.17) is 10.0 Å². The van der Waals surface area contributed by atoms with Crippen LogP contribution >= 0.6 is 0 Å². The van der Waals surface area contributed by atoms with Gasteiger partial charge in [-0.3, -0.25) is 0 Å². The van der Waals surface area contributed by atoms with E-state index in [0.717, 1.165) is 5.56 Å². The Balaban J connectivity index is 2.46. The zero-order valence-electron chi connectivity index (χ0n) is 8.84. The van der Waals surface area contributed by atoms with Crippen molar-refractivity contribution in [3.8, 4) is 0 Å². The lowest BCUT2D eigenvalue weighted by molar-refractivity contribution is 0.131. The van der Waals surface area contributed by atoms with E-state index < -0.39 is 0 Å². The molecule has 0 unspecified atom stereocenters. The van der Waals surface area contributed by atoms with Crippen molar-refractivity contribution in [1.82, 2.24) is 0 Å². The van der Waals surface area contributed by atoms with Gasteiger partial charge in [-0.25, -0.2) is 0 Å². The second-order valence-corrected chi connectivity index (χ2v) is 3.12. The highest BCUT2D eigenvalue weighted by atomic mass is 16.6. The molecular formula is C11H14N2O2. The van der Waals surface area contributed by atoms with Gasteiger partial charge in [0.2, 0.25) is 0 Å². The summed E-state index contributed by atoms with van der Waals surface area (Å²) in [6.07, 6.45) is 0. The van der Waals surface area contributed by atoms with Crippen LogP contribution in [0.5, 0.6) is 0 Å². The summed E-state index contributed by atoms with van der Waals surface area (Å²) < 4.78 is 0. The first-order valence-corrected chi connectivity index (χ1v) is 4.63. The van der Waals surface area contributed by atoms with Crippen molar-refractivity contribution in [3.63, 3.8) is 0 Å². The minimum Gasteiger partial charge on any atom is -0.411 e. The molecule has 1 aromatic rings. The number of benzene rings is 1. The van der Waals surface area contributed by atoms with Crippen molar-refractivity contribution in [2.45, 2.75) is 20.5 Å². The van der Waals surface area contributed by atoms with E-state index in [1.165, 1.54) is 0 Å². The van der Waals surface area contributed by atoms with Gasteiger partial charge in [0.05, 0.1) is 0 Å². The molecule has 0 aliphatic rings. The summed E-state index contributed by atoms with van der Waals surface area (Å²) in [6.45, 7) is 3.79. The van der Waals surface area contributed by atoms with Crippen molar-refractivity contribution >= 4 is 11.4 Å². The predicted molar refractivity (Wildman–Crippen MR) is 59.2 cm³/mol. The van der Waals surface area contributed by atoms with Gasteiger partial charge in [-0.1, -0.05) is 40.6 Å². The number of nitrogens with zero attached hydrogens (tertiary/aromatic N) is 2. The SMILES string of the molecule is CC(=N\O)/C(C)=N/OCc1ccccc1. The molecule has 15 heavy (non-hydrogen) atoms. The zero-order valence-corrected chi connectivity index (χ0v) is 8.84. The molecule has 1 aromatic carbocycles. The molecule has 0 amide bonds. The molecule has 1 rings (SSSR count). The zero-order chi connectivity index (χ0) is 11.1. The highest BCUT2D eigenvalue weighted by Gasteiger charge is 1.97. The van der Waals surface area contributed by atoms with Crippen molar-refractivity contribution in [2.24, 2.45) is 10.3 Å². The first-order chi connectivity index (χ1) is 7.24. The number of oxime groups is 2. The van der Waals surface area contributed by atoms with Crippen LogP contribution in [0.25, 0.3) is 0 Å². The molecule has 0 saturated carbocycles. The predicted octanol–water partition coefficient (Wildman–Crippen LogP) is 2.43. The molecule has 0 saturated heterocycles. The lowest BCUT2D eigenvalue weighted by Gasteiger charge is -2.00. The molecule has 0 atom stereocenters. The average molecular weight is 206 g/mol. The highest BCUT2D eigenvalue weighted by molar-refractivity contribution is 6.40. The number of hydrogen-bond acceptors (Lipinski definition) is 4. The van der Waals surface area contributed by atoms with Crippen LogP contribution in [-0.2, 0) is 11.4 Å². The minimum atomic E-state index is 0.414. The van der Waals surface area contributed by atoms with E-state index in [9.17, 15) is 0 Å². The van der Waals surface area contributed by atoms with Gasteiger partial charge >= 0.3 is 0 Å². The fourth-order valence-electron chi connectivity index (χ4n) is 0.916. The lowest BCUT2D eigenvalue weighted by atomic mass is 10.2. The molecule has 0 aliphatic carbocycles. The van der Waals surface area contributed by atoms with E-state index in [0.29, 0.717) is 18.0 Å². The van der Waals surface area contributed by atoms with Gasteiger partial charge < -0.3 is 10.0 Å². The first kappa shape index (κ1) is 11.2. The van der Waals surface area contributed by atoms with Gasteiger partial charge in [-0.15, -0.1) is 0 Å². The summed E-state index contributed by atoms with van der Waals surface area (Å²) in [5.41, 5.74) is 2.06. The normalized spacial score (nSPS) is 12.7. The molecule has 0 bridgehead atoms. The van der Waals surface area contributed by atoms with Gasteiger partial charge in [-0.2, -0.15) is 0 Å². The molecule has 80 valence electrons. The Labute approximate surface area is 88.9 Å². The van der Waals surface area contributed by atoms with E-state index in [1.54, 1.807) is 13.8 Å². The Morgan fingerprint density at radius 2 is 1.87 bits per heavy atom. The van der Waals surface area contributed by atoms with E-state index in [-0.39, 0.29) is 0 Å². The smallest absolute Gasteiger partial charge is 0.142 e. The van der Waals surface area contributed by atoms with Crippen molar-refractivity contribution < 1.29 is 10.0 Å². The standard InChI is InChI=1S/C11H14N2O2/c1-9(12-14)10(2)13-15-8-11-6-4-3-5-7-11/h3-7,14H,8H2,1-2H3/b12-9+,13-10+. The first-order valence-electron chi connectivity index (χ1n) is 4.63. The van der Waals surface area contributed by atoms with Crippen molar-refractivity contribution in [3.05, 3.63) is 35.9 Å². The second kappa shape index (κ2) is 5.80. The minimum absolute atomic E-state index is 0.414. The van der Waals surface area contributed by atoms with E-state index >= 15 is 0 Å². The quantitative estimate of drug-likeness (QED) is 0.467. The Hall–Kier alpha value is -1.84. The number of hydrogen-bond donors (Lipinski definition) is 1. The maximum atomic E-state index is 8.47. The van der Waals surface area contributed by atoms with Crippen molar-refractivity contribution in [1.29, 1.82) is 0 Å². The average Bonchev–Trinajstić information content (AvgIpc) is 2.29. The Kier molecular flexibility index (Phi) is 4.34. The monoisotopic (exact) mass is 206 g/mol. The maximum absolute atomic E-state index is 8.47. The molecule has 0 spiro atoms. The molecule has 1 N–H and O–H groups in total. The van der Waals surface area contributed by atoms with Crippen LogP contribution in [0.15, 0.2) is 40.6 Å². The lowest BCUT2D eigenvalue weighted by Crippen LogP contribution is -2.06. The van der Waals surface area contributed by atoms with Crippen LogP contribution in [0, 0.1) is 0 Å². The van der Waals surface area contributed by atoms with Gasteiger partial charge in [0.15, 0.2) is 0 Å². The summed E-state index contributed by atoms with van der Waals surface area (Å²) in [6, 6.07) is 9.74. The maximum Gasteiger partial charge on any atom is 0.142 e. The van der Waals surface area contributed by atoms with Crippen LogP contribution in [0.3, 0.4) is 0 Å². The molecule has 4 nitrogen and oxygen atoms in total. The van der Waals surface area contributed by atoms with Crippen LogP contribution in [-0.4, -0.2) is 16.6 Å². The Morgan fingerprint density at radius 1 is 1.20 bits per heavy atom. The second-order valence-electron chi connectivity index (χ2n) is 3.12. The van der Waals surface area contributed by atoms with Crippen LogP contribution < -0.4 is 0 Å². The van der Waals surface area contributed by atoms with Crippen LogP contribution in [0.2, 0.25) is 0 Å². The molecule has 0 heterocycles. The third-order valence-electron chi connectivity index (χ3n) is 1.95. The molecule has 0 aliphatic heterocycles. The van der Waals surface area contributed by atoms with Gasteiger partial charge in [0.25, 0.3) is 0 Å². The molecule has 0 radical (unpaired) electrons. The Morgan fingerprint density at radius 3 is 2.47 bits per heavy atom. The highest BCUT2D eigenvalue weighted by Crippen LogP contribution is 2.00. The fourth-order valence-corrected chi connectivity index (χ4v) is 0.916. The van der Waals surface area contributed by atoms with Crippen molar-refractivity contribution in [2.75, 3.05) is 0 Å². The summed E-state index contributed by atoms with van der Waals surface area (Å²) >= 11 is 0. The molecule has 0 aromatic heterocycles. The fraction of sp³-hybridized carbons (Fsp3) is 0.273. The Bertz CT molecular complexity index is 358. The largest absolute Gasteiger partial charge is 0.411 e. The van der Waals surface area contributed by atoms with Gasteiger partial charge in [0, 0.05) is 0 Å². The van der Waals surface area contributed by atoms with Crippen LogP contribution in [0.1, 0.15) is 19.4 Å². The molecule has 4 heteroatoms. The third kappa shape index (κ3) is 3.81. The third-order valence-corrected chi connectivity index (χ3v) is 1.95. The van der Waals surface area contributed by atoms with Gasteiger partial charge in [0.1, 0.15) is 18.0 Å². The van der Waals surface area contributed by atoms with Gasteiger partial charge in [-0.05, 0) is 19.4 Å².